The molecule has 4 nitrogen and oxygen atoms in total. The number of rotatable bonds is 2. The summed E-state index contributed by atoms with van der Waals surface area (Å²) in [4.78, 5) is 16.1. The van der Waals surface area contributed by atoms with Gasteiger partial charge in [0, 0.05) is 6.54 Å². The molecule has 2 heterocycles. The molecular weight excluding hydrogens is 238 g/mol. The molecular formula is C12H16ClN3O. The Morgan fingerprint density at radius 3 is 3.00 bits per heavy atom. The average molecular weight is 254 g/mol. The Hall–Kier alpha value is -1.13. The van der Waals surface area contributed by atoms with Crippen LogP contribution in [-0.2, 0) is 4.79 Å². The molecule has 1 saturated heterocycles. The highest BCUT2D eigenvalue weighted by molar-refractivity contribution is 6.30. The van der Waals surface area contributed by atoms with Gasteiger partial charge in [0.25, 0.3) is 0 Å². The molecule has 0 saturated carbocycles. The number of halogens is 1. The molecule has 1 unspecified atom stereocenters. The molecule has 2 N–H and O–H groups in total. The maximum Gasteiger partial charge on any atom is 0.231 e. The van der Waals surface area contributed by atoms with E-state index in [0.29, 0.717) is 10.8 Å². The summed E-state index contributed by atoms with van der Waals surface area (Å²) in [5.74, 6) is 0.0334. The smallest absolute Gasteiger partial charge is 0.231 e. The van der Waals surface area contributed by atoms with E-state index in [1.807, 2.05) is 19.9 Å². The number of anilines is 1. The number of carbonyl (C=O) groups is 1. The molecule has 0 aliphatic carbocycles. The Labute approximate surface area is 106 Å². The van der Waals surface area contributed by atoms with Crippen molar-refractivity contribution in [2.75, 3.05) is 18.4 Å². The van der Waals surface area contributed by atoms with Gasteiger partial charge in [-0.05, 0) is 38.4 Å². The zero-order chi connectivity index (χ0) is 12.5. The maximum absolute atomic E-state index is 12.1. The van der Waals surface area contributed by atoms with Crippen LogP contribution in [-0.4, -0.2) is 24.0 Å². The van der Waals surface area contributed by atoms with Gasteiger partial charge < -0.3 is 10.6 Å². The van der Waals surface area contributed by atoms with Crippen LogP contribution >= 0.6 is 11.6 Å². The van der Waals surface area contributed by atoms with Crippen LogP contribution in [0.2, 0.25) is 5.15 Å². The molecule has 0 radical (unpaired) electrons. The normalized spacial score (nSPS) is 23.7. The minimum atomic E-state index is -0.326. The first-order chi connectivity index (χ1) is 8.01. The second kappa shape index (κ2) is 4.63. The lowest BCUT2D eigenvalue weighted by atomic mass is 9.89. The molecule has 1 atom stereocenters. The van der Waals surface area contributed by atoms with Crippen molar-refractivity contribution >= 4 is 23.2 Å². The van der Waals surface area contributed by atoms with Crippen LogP contribution in [0.5, 0.6) is 0 Å². The fraction of sp³-hybridized carbons (Fsp3) is 0.500. The molecule has 1 aliphatic rings. The van der Waals surface area contributed by atoms with E-state index >= 15 is 0 Å². The van der Waals surface area contributed by atoms with Gasteiger partial charge in [0.15, 0.2) is 0 Å². The fourth-order valence-corrected chi connectivity index (χ4v) is 2.02. The van der Waals surface area contributed by atoms with Crippen molar-refractivity contribution in [1.82, 2.24) is 10.3 Å². The summed E-state index contributed by atoms with van der Waals surface area (Å²) in [6.45, 7) is 5.45. The second-order valence-electron chi connectivity index (χ2n) is 4.77. The Bertz CT molecular complexity index is 441. The van der Waals surface area contributed by atoms with Crippen molar-refractivity contribution in [2.24, 2.45) is 5.41 Å². The fourth-order valence-electron chi connectivity index (χ4n) is 1.92. The third-order valence-electron chi connectivity index (χ3n) is 3.19. The largest absolute Gasteiger partial charge is 0.324 e. The van der Waals surface area contributed by atoms with E-state index in [-0.39, 0.29) is 11.3 Å². The van der Waals surface area contributed by atoms with E-state index in [2.05, 4.69) is 15.6 Å². The first-order valence-electron chi connectivity index (χ1n) is 5.66. The Morgan fingerprint density at radius 2 is 2.41 bits per heavy atom. The van der Waals surface area contributed by atoms with Crippen LogP contribution < -0.4 is 10.6 Å². The number of aryl methyl sites for hydroxylation is 1. The maximum atomic E-state index is 12.1. The number of hydrogen-bond donors (Lipinski definition) is 2. The van der Waals surface area contributed by atoms with Gasteiger partial charge in [0.1, 0.15) is 5.15 Å². The Kier molecular flexibility index (Phi) is 3.35. The van der Waals surface area contributed by atoms with E-state index in [0.717, 1.165) is 25.1 Å². The first kappa shape index (κ1) is 12.3. The minimum absolute atomic E-state index is 0.0334. The van der Waals surface area contributed by atoms with Crippen LogP contribution in [0.25, 0.3) is 0 Å². The predicted octanol–water partition coefficient (Wildman–Crippen LogP) is 1.98. The lowest BCUT2D eigenvalue weighted by Gasteiger charge is -2.21. The Morgan fingerprint density at radius 1 is 1.65 bits per heavy atom. The van der Waals surface area contributed by atoms with Gasteiger partial charge in [-0.2, -0.15) is 0 Å². The number of nitrogens with one attached hydrogen (secondary N) is 2. The summed E-state index contributed by atoms with van der Waals surface area (Å²) in [6.07, 6.45) is 2.44. The molecule has 0 spiro atoms. The number of carbonyl (C=O) groups excluding carboxylic acids is 1. The quantitative estimate of drug-likeness (QED) is 0.793. The molecule has 17 heavy (non-hydrogen) atoms. The SMILES string of the molecule is Cc1cc(NC(=O)C2(C)CCNC2)cnc1Cl. The highest BCUT2D eigenvalue weighted by atomic mass is 35.5. The van der Waals surface area contributed by atoms with E-state index in [9.17, 15) is 4.79 Å². The van der Waals surface area contributed by atoms with Gasteiger partial charge in [-0.15, -0.1) is 0 Å². The number of hydrogen-bond acceptors (Lipinski definition) is 3. The van der Waals surface area contributed by atoms with E-state index in [1.54, 1.807) is 6.20 Å². The molecule has 92 valence electrons. The van der Waals surface area contributed by atoms with Crippen molar-refractivity contribution in [1.29, 1.82) is 0 Å². The minimum Gasteiger partial charge on any atom is -0.324 e. The number of amides is 1. The molecule has 2 rings (SSSR count). The van der Waals surface area contributed by atoms with Gasteiger partial charge >= 0.3 is 0 Å². The lowest BCUT2D eigenvalue weighted by molar-refractivity contribution is -0.123. The average Bonchev–Trinajstić information content (AvgIpc) is 2.72. The van der Waals surface area contributed by atoms with Gasteiger partial charge in [-0.25, -0.2) is 4.98 Å². The molecule has 1 aromatic heterocycles. The van der Waals surface area contributed by atoms with Crippen molar-refractivity contribution in [3.05, 3.63) is 23.0 Å². The van der Waals surface area contributed by atoms with E-state index < -0.39 is 0 Å². The van der Waals surface area contributed by atoms with E-state index in [4.69, 9.17) is 11.6 Å². The highest BCUT2D eigenvalue weighted by Crippen LogP contribution is 2.26. The van der Waals surface area contributed by atoms with Crippen molar-refractivity contribution in [2.45, 2.75) is 20.3 Å². The van der Waals surface area contributed by atoms with Gasteiger partial charge in [-0.3, -0.25) is 4.79 Å². The number of nitrogens with zero attached hydrogens (tertiary/aromatic N) is 1. The standard InChI is InChI=1S/C12H16ClN3O/c1-8-5-9(6-15-10(8)13)16-11(17)12(2)3-4-14-7-12/h5-6,14H,3-4,7H2,1-2H3,(H,16,17). The highest BCUT2D eigenvalue weighted by Gasteiger charge is 2.36. The zero-order valence-electron chi connectivity index (χ0n) is 10.0. The monoisotopic (exact) mass is 253 g/mol. The van der Waals surface area contributed by atoms with Crippen LogP contribution in [0.1, 0.15) is 18.9 Å². The molecule has 5 heteroatoms. The molecule has 0 aromatic carbocycles. The summed E-state index contributed by atoms with van der Waals surface area (Å²) in [7, 11) is 0. The summed E-state index contributed by atoms with van der Waals surface area (Å²) in [5.41, 5.74) is 1.23. The molecule has 0 bridgehead atoms. The lowest BCUT2D eigenvalue weighted by Crippen LogP contribution is -2.35. The van der Waals surface area contributed by atoms with Crippen LogP contribution in [0.4, 0.5) is 5.69 Å². The van der Waals surface area contributed by atoms with Gasteiger partial charge in [-0.1, -0.05) is 11.6 Å². The topological polar surface area (TPSA) is 54.0 Å². The van der Waals surface area contributed by atoms with Crippen molar-refractivity contribution < 1.29 is 4.79 Å². The zero-order valence-corrected chi connectivity index (χ0v) is 10.8. The van der Waals surface area contributed by atoms with Gasteiger partial charge in [0.05, 0.1) is 17.3 Å². The second-order valence-corrected chi connectivity index (χ2v) is 5.13. The molecule has 1 fully saturated rings. The molecule has 1 aliphatic heterocycles. The van der Waals surface area contributed by atoms with Gasteiger partial charge in [0.2, 0.25) is 5.91 Å². The molecule has 1 amide bonds. The van der Waals surface area contributed by atoms with Crippen molar-refractivity contribution in [3.63, 3.8) is 0 Å². The number of pyridine rings is 1. The van der Waals surface area contributed by atoms with Crippen LogP contribution in [0.3, 0.4) is 0 Å². The first-order valence-corrected chi connectivity index (χ1v) is 6.03. The predicted molar refractivity (Wildman–Crippen MR) is 68.2 cm³/mol. The van der Waals surface area contributed by atoms with E-state index in [1.165, 1.54) is 0 Å². The summed E-state index contributed by atoms with van der Waals surface area (Å²) >= 11 is 5.84. The van der Waals surface area contributed by atoms with Crippen molar-refractivity contribution in [3.8, 4) is 0 Å². The third kappa shape index (κ3) is 2.58. The summed E-state index contributed by atoms with van der Waals surface area (Å²) in [5, 5.41) is 6.56. The summed E-state index contributed by atoms with van der Waals surface area (Å²) in [6, 6.07) is 1.83. The summed E-state index contributed by atoms with van der Waals surface area (Å²) < 4.78 is 0. The van der Waals surface area contributed by atoms with Crippen LogP contribution in [0, 0.1) is 12.3 Å². The third-order valence-corrected chi connectivity index (χ3v) is 3.58. The van der Waals surface area contributed by atoms with Crippen LogP contribution in [0.15, 0.2) is 12.3 Å². The Balaban J connectivity index is 2.10. The molecule has 1 aromatic rings. The number of aromatic nitrogens is 1.